The van der Waals surface area contributed by atoms with Gasteiger partial charge in [0.1, 0.15) is 25.1 Å². The third-order valence-electron chi connectivity index (χ3n) is 6.85. The predicted molar refractivity (Wildman–Crippen MR) is 137 cm³/mol. The molecule has 4 heterocycles. The molecule has 1 fully saturated rings. The van der Waals surface area contributed by atoms with Crippen LogP contribution in [0.2, 0.25) is 0 Å². The molecule has 2 atom stereocenters. The van der Waals surface area contributed by atoms with Crippen LogP contribution in [0.5, 0.6) is 0 Å². The lowest BCUT2D eigenvalue weighted by Gasteiger charge is -2.33. The Bertz CT molecular complexity index is 1480. The van der Waals surface area contributed by atoms with Crippen molar-refractivity contribution in [3.8, 4) is 11.5 Å². The Morgan fingerprint density at radius 2 is 2.05 bits per heavy atom. The molecule has 0 unspecified atom stereocenters. The van der Waals surface area contributed by atoms with Gasteiger partial charge in [-0.1, -0.05) is 11.2 Å². The number of aromatic nitrogens is 4. The summed E-state index contributed by atoms with van der Waals surface area (Å²) in [5, 5.41) is 10.1. The zero-order valence-electron chi connectivity index (χ0n) is 21.6. The van der Waals surface area contributed by atoms with Crippen molar-refractivity contribution in [1.29, 1.82) is 0 Å². The Kier molecular flexibility index (Phi) is 7.79. The number of amides is 1. The molecule has 2 N–H and O–H groups in total. The summed E-state index contributed by atoms with van der Waals surface area (Å²) in [6.45, 7) is -1.16. The molecule has 0 bridgehead atoms. The average Bonchev–Trinajstić information content (AvgIpc) is 3.63. The maximum absolute atomic E-state index is 14.7. The molecule has 1 amide bonds. The van der Waals surface area contributed by atoms with E-state index in [0.29, 0.717) is 24.0 Å². The highest BCUT2D eigenvalue weighted by atomic mass is 19.4. The van der Waals surface area contributed by atoms with Crippen molar-refractivity contribution in [3.05, 3.63) is 54.2 Å². The van der Waals surface area contributed by atoms with Gasteiger partial charge in [-0.15, -0.1) is 0 Å². The summed E-state index contributed by atoms with van der Waals surface area (Å²) < 4.78 is 76.0. The van der Waals surface area contributed by atoms with Crippen LogP contribution in [0.15, 0.2) is 47.1 Å². The predicted octanol–water partition coefficient (Wildman–Crippen LogP) is 4.41. The van der Waals surface area contributed by atoms with Crippen molar-refractivity contribution < 1.29 is 31.3 Å². The third-order valence-corrected chi connectivity index (χ3v) is 6.85. The molecule has 40 heavy (non-hydrogen) atoms. The minimum Gasteiger partial charge on any atom is -0.379 e. The summed E-state index contributed by atoms with van der Waals surface area (Å²) in [4.78, 5) is 18.6. The van der Waals surface area contributed by atoms with Crippen LogP contribution in [0.3, 0.4) is 0 Å². The number of anilines is 1. The van der Waals surface area contributed by atoms with Gasteiger partial charge >= 0.3 is 6.18 Å². The van der Waals surface area contributed by atoms with Crippen molar-refractivity contribution >= 4 is 22.5 Å². The number of hydrogen-bond donors (Lipinski definition) is 2. The topological polar surface area (TPSA) is 93.2 Å². The number of nitrogens with zero attached hydrogens (tertiary/aromatic N) is 5. The number of rotatable bonds is 9. The molecule has 214 valence electrons. The van der Waals surface area contributed by atoms with Crippen molar-refractivity contribution in [1.82, 2.24) is 29.5 Å². The Hall–Kier alpha value is -3.94. The fourth-order valence-electron chi connectivity index (χ4n) is 4.95. The Morgan fingerprint density at radius 3 is 2.80 bits per heavy atom. The lowest BCUT2D eigenvalue weighted by atomic mass is 10.0. The normalized spacial score (nSPS) is 18.4. The highest BCUT2D eigenvalue weighted by Gasteiger charge is 2.32. The molecule has 0 spiro atoms. The fourth-order valence-corrected chi connectivity index (χ4v) is 4.95. The van der Waals surface area contributed by atoms with Gasteiger partial charge in [0.15, 0.2) is 0 Å². The number of aryl methyl sites for hydroxylation is 1. The average molecular weight is 566 g/mol. The maximum atomic E-state index is 14.7. The Morgan fingerprint density at radius 1 is 1.23 bits per heavy atom. The van der Waals surface area contributed by atoms with Crippen LogP contribution in [-0.2, 0) is 19.6 Å². The molecular weight excluding hydrogens is 537 g/mol. The molecule has 4 aromatic rings. The Balaban J connectivity index is 1.41. The standard InChI is InChI=1S/C26H28F5N7O2/c1-36-10-7-19(17(28)14-36)33-18-4-2-5-20-16(18)12-22(38(20)15-26(29,30)31)24-34-23(40-35-24)13-32-25(39)21-6-3-9-37(21)11-8-27/h2-6,9,12,17,19,33H,7-8,10-11,13-15H2,1H3,(H,32,39)/t17-,19+/m0/s1. The first-order chi connectivity index (χ1) is 19.1. The highest BCUT2D eigenvalue weighted by molar-refractivity contribution is 5.96. The molecule has 1 saturated heterocycles. The first-order valence-corrected chi connectivity index (χ1v) is 12.7. The van der Waals surface area contributed by atoms with Crippen LogP contribution in [0, 0.1) is 0 Å². The summed E-state index contributed by atoms with van der Waals surface area (Å²) in [7, 11) is 1.84. The van der Waals surface area contributed by atoms with E-state index in [1.807, 2.05) is 11.9 Å². The zero-order valence-corrected chi connectivity index (χ0v) is 21.6. The molecule has 1 aliphatic rings. The third kappa shape index (κ3) is 5.96. The summed E-state index contributed by atoms with van der Waals surface area (Å²) in [6, 6.07) is 9.03. The van der Waals surface area contributed by atoms with E-state index in [2.05, 4.69) is 20.8 Å². The molecule has 5 rings (SSSR count). The summed E-state index contributed by atoms with van der Waals surface area (Å²) >= 11 is 0. The number of hydrogen-bond acceptors (Lipinski definition) is 6. The van der Waals surface area contributed by atoms with E-state index in [1.165, 1.54) is 16.7 Å². The molecule has 9 nitrogen and oxygen atoms in total. The molecule has 1 aromatic carbocycles. The number of carbonyl (C=O) groups excluding carboxylic acids is 1. The zero-order chi connectivity index (χ0) is 28.4. The van der Waals surface area contributed by atoms with Gasteiger partial charge in [-0.3, -0.25) is 4.79 Å². The highest BCUT2D eigenvalue weighted by Crippen LogP contribution is 2.35. The lowest BCUT2D eigenvalue weighted by Crippen LogP contribution is -2.46. The van der Waals surface area contributed by atoms with Crippen molar-refractivity contribution in [2.24, 2.45) is 0 Å². The van der Waals surface area contributed by atoms with Crippen LogP contribution in [0.1, 0.15) is 22.8 Å². The van der Waals surface area contributed by atoms with E-state index in [1.54, 1.807) is 30.5 Å². The number of nitrogens with one attached hydrogen (secondary N) is 2. The lowest BCUT2D eigenvalue weighted by molar-refractivity contribution is -0.139. The van der Waals surface area contributed by atoms with E-state index in [0.717, 1.165) is 4.57 Å². The van der Waals surface area contributed by atoms with Gasteiger partial charge in [-0.05, 0) is 43.8 Å². The number of carbonyl (C=O) groups is 1. The number of halogens is 5. The maximum Gasteiger partial charge on any atom is 0.406 e. The smallest absolute Gasteiger partial charge is 0.379 e. The van der Waals surface area contributed by atoms with E-state index >= 15 is 0 Å². The molecule has 0 aliphatic carbocycles. The van der Waals surface area contributed by atoms with Crippen LogP contribution in [0.25, 0.3) is 22.4 Å². The second-order valence-corrected chi connectivity index (χ2v) is 9.76. The van der Waals surface area contributed by atoms with Crippen LogP contribution in [-0.4, -0.2) is 75.3 Å². The van der Waals surface area contributed by atoms with Gasteiger partial charge in [-0.25, -0.2) is 8.78 Å². The minimum absolute atomic E-state index is 0.0187. The molecule has 3 aromatic heterocycles. The van der Waals surface area contributed by atoms with E-state index < -0.39 is 37.5 Å². The van der Waals surface area contributed by atoms with E-state index in [4.69, 9.17) is 4.52 Å². The minimum atomic E-state index is -4.54. The van der Waals surface area contributed by atoms with Gasteiger partial charge in [0.05, 0.1) is 30.3 Å². The van der Waals surface area contributed by atoms with Gasteiger partial charge in [0.2, 0.25) is 11.7 Å². The van der Waals surface area contributed by atoms with Crippen molar-refractivity contribution in [2.45, 2.75) is 44.4 Å². The molecular formula is C26H28F5N7O2. The van der Waals surface area contributed by atoms with Gasteiger partial charge in [-0.2, -0.15) is 18.2 Å². The van der Waals surface area contributed by atoms with Gasteiger partial charge in [0, 0.05) is 30.4 Å². The molecule has 1 aliphatic heterocycles. The van der Waals surface area contributed by atoms with Gasteiger partial charge in [0.25, 0.3) is 5.91 Å². The monoisotopic (exact) mass is 565 g/mol. The van der Waals surface area contributed by atoms with Crippen LogP contribution in [0.4, 0.5) is 27.6 Å². The summed E-state index contributed by atoms with van der Waals surface area (Å²) in [5.74, 6) is -0.625. The molecule has 0 saturated carbocycles. The van der Waals surface area contributed by atoms with Gasteiger partial charge < -0.3 is 29.2 Å². The first-order valence-electron chi connectivity index (χ1n) is 12.7. The number of piperidine rings is 1. The second kappa shape index (κ2) is 11.3. The largest absolute Gasteiger partial charge is 0.406 e. The second-order valence-electron chi connectivity index (χ2n) is 9.76. The molecule has 0 radical (unpaired) electrons. The summed E-state index contributed by atoms with van der Waals surface area (Å²) in [6.07, 6.45) is -3.57. The van der Waals surface area contributed by atoms with Crippen LogP contribution < -0.4 is 10.6 Å². The SMILES string of the molecule is CN1CC[C@@H](Nc2cccc3c2cc(-c2noc(CNC(=O)c4cccn4CCF)n2)n3CC(F)(F)F)[C@@H](F)C1. The van der Waals surface area contributed by atoms with Crippen molar-refractivity contribution in [3.63, 3.8) is 0 Å². The van der Waals surface area contributed by atoms with E-state index in [9.17, 15) is 26.7 Å². The number of alkyl halides is 5. The number of fused-ring (bicyclic) bond motifs is 1. The van der Waals surface area contributed by atoms with Crippen LogP contribution >= 0.6 is 0 Å². The number of likely N-dealkylation sites (tertiary alicyclic amines) is 1. The van der Waals surface area contributed by atoms with Crippen molar-refractivity contribution in [2.75, 3.05) is 32.1 Å². The first kappa shape index (κ1) is 27.6. The Labute approximate surface area is 225 Å². The summed E-state index contributed by atoms with van der Waals surface area (Å²) in [5.41, 5.74) is 1.07. The fraction of sp³-hybridized carbons (Fsp3) is 0.423. The molecule has 14 heteroatoms. The quantitative estimate of drug-likeness (QED) is 0.292. The number of benzene rings is 1. The van der Waals surface area contributed by atoms with E-state index in [-0.39, 0.29) is 48.3 Å².